The summed E-state index contributed by atoms with van der Waals surface area (Å²) in [6.07, 6.45) is 3.63. The van der Waals surface area contributed by atoms with Gasteiger partial charge in [-0.15, -0.1) is 0 Å². The van der Waals surface area contributed by atoms with Crippen LogP contribution < -0.4 is 22.1 Å². The summed E-state index contributed by atoms with van der Waals surface area (Å²) in [6, 6.07) is 29.7. The van der Waals surface area contributed by atoms with Crippen LogP contribution in [0.4, 0.5) is 0 Å². The van der Waals surface area contributed by atoms with Crippen molar-refractivity contribution in [2.75, 3.05) is 26.2 Å². The molecule has 2 unspecified atom stereocenters. The Bertz CT molecular complexity index is 1500. The topological polar surface area (TPSA) is 139 Å². The van der Waals surface area contributed by atoms with Crippen molar-refractivity contribution in [2.45, 2.75) is 37.3 Å². The number of amides is 2. The largest absolute Gasteiger partial charge is 0.370 e. The number of rotatable bonds is 11. The highest BCUT2D eigenvalue weighted by atomic mass is 16.2. The summed E-state index contributed by atoms with van der Waals surface area (Å²) >= 11 is 0. The molecule has 1 fully saturated rings. The van der Waals surface area contributed by atoms with Gasteiger partial charge in [-0.2, -0.15) is 0 Å². The predicted molar refractivity (Wildman–Crippen MR) is 171 cm³/mol. The molecule has 6 N–H and O–H groups in total. The summed E-state index contributed by atoms with van der Waals surface area (Å²) in [5, 5.41) is 8.52. The first-order valence-electron chi connectivity index (χ1n) is 14.8. The molecule has 2 atom stereocenters. The molecule has 0 aliphatic carbocycles. The molecule has 1 aliphatic rings. The van der Waals surface area contributed by atoms with Crippen LogP contribution in [0, 0.1) is 0 Å². The Morgan fingerprint density at radius 1 is 0.977 bits per heavy atom. The predicted octanol–water partition coefficient (Wildman–Crippen LogP) is 3.41. The fourth-order valence-corrected chi connectivity index (χ4v) is 5.64. The number of fused-ring (bicyclic) bond motifs is 1. The van der Waals surface area contributed by atoms with Gasteiger partial charge in [0.15, 0.2) is 5.96 Å². The first-order valence-corrected chi connectivity index (χ1v) is 14.8. The summed E-state index contributed by atoms with van der Waals surface area (Å²) < 4.78 is 0. The Kier molecular flexibility index (Phi) is 9.97. The Balaban J connectivity index is 1.31. The second-order valence-corrected chi connectivity index (χ2v) is 10.9. The number of benzene rings is 3. The van der Waals surface area contributed by atoms with E-state index >= 15 is 0 Å². The van der Waals surface area contributed by atoms with Gasteiger partial charge in [0.2, 0.25) is 5.91 Å². The molecule has 2 heterocycles. The Labute approximate surface area is 252 Å². The van der Waals surface area contributed by atoms with Crippen LogP contribution in [-0.4, -0.2) is 65.9 Å². The van der Waals surface area contributed by atoms with Crippen LogP contribution >= 0.6 is 0 Å². The lowest BCUT2D eigenvalue weighted by molar-refractivity contribution is -0.133. The van der Waals surface area contributed by atoms with Gasteiger partial charge >= 0.3 is 0 Å². The van der Waals surface area contributed by atoms with Crippen molar-refractivity contribution in [3.63, 3.8) is 0 Å². The Morgan fingerprint density at radius 2 is 1.63 bits per heavy atom. The van der Waals surface area contributed by atoms with Gasteiger partial charge < -0.3 is 27.0 Å². The number of nitrogens with two attached hydrogens (primary N) is 2. The van der Waals surface area contributed by atoms with Gasteiger partial charge in [-0.25, -0.2) is 0 Å². The quantitative estimate of drug-likeness (QED) is 0.122. The number of carbonyl (C=O) groups is 2. The molecule has 9 heteroatoms. The molecule has 1 aliphatic heterocycles. The summed E-state index contributed by atoms with van der Waals surface area (Å²) in [4.78, 5) is 37.4. The highest BCUT2D eigenvalue weighted by molar-refractivity contribution is 5.96. The van der Waals surface area contributed by atoms with Gasteiger partial charge in [-0.05, 0) is 41.8 Å². The smallest absolute Gasteiger partial charge is 0.269 e. The van der Waals surface area contributed by atoms with Crippen LogP contribution in [0.15, 0.2) is 102 Å². The Hall–Kier alpha value is -4.76. The lowest BCUT2D eigenvalue weighted by atomic mass is 9.90. The molecule has 0 bridgehead atoms. The van der Waals surface area contributed by atoms with Gasteiger partial charge in [0.1, 0.15) is 5.69 Å². The molecule has 5 rings (SSSR count). The minimum absolute atomic E-state index is 0.0314. The average molecular weight is 578 g/mol. The maximum Gasteiger partial charge on any atom is 0.269 e. The minimum atomic E-state index is -0.426. The van der Waals surface area contributed by atoms with E-state index in [4.69, 9.17) is 11.5 Å². The maximum atomic E-state index is 14.0. The van der Waals surface area contributed by atoms with E-state index in [0.29, 0.717) is 51.1 Å². The molecular formula is C34H39N7O2. The van der Waals surface area contributed by atoms with Crippen molar-refractivity contribution in [2.24, 2.45) is 16.5 Å². The lowest BCUT2D eigenvalue weighted by Gasteiger charge is -2.29. The lowest BCUT2D eigenvalue weighted by Crippen LogP contribution is -2.49. The standard InChI is InChI=1S/C34H39N7O2/c35-34(36)37-18-9-16-30-33(43)41(23-29(24-10-3-1-4-11-24)25-12-5-2-6-13-25)19-17-28(40-30)22-39-32(42)31-20-26-14-7-8-15-27(26)21-38-31/h1-8,10-15,20-21,28-30,40H,9,16-19,22-23H2,(H,39,42)(H4,35,36,37). The van der Waals surface area contributed by atoms with Crippen molar-refractivity contribution in [1.82, 2.24) is 20.5 Å². The summed E-state index contributed by atoms with van der Waals surface area (Å²) in [5.41, 5.74) is 13.7. The zero-order chi connectivity index (χ0) is 30.0. The van der Waals surface area contributed by atoms with E-state index in [0.717, 1.165) is 21.9 Å². The first-order chi connectivity index (χ1) is 21.0. The zero-order valence-electron chi connectivity index (χ0n) is 24.2. The number of hydrogen-bond acceptors (Lipinski definition) is 5. The fraction of sp³-hybridized carbons (Fsp3) is 0.294. The van der Waals surface area contributed by atoms with E-state index in [-0.39, 0.29) is 29.7 Å². The summed E-state index contributed by atoms with van der Waals surface area (Å²) in [5.74, 6) is -0.119. The highest BCUT2D eigenvalue weighted by Gasteiger charge is 2.32. The third kappa shape index (κ3) is 7.96. The summed E-state index contributed by atoms with van der Waals surface area (Å²) in [6.45, 7) is 1.94. The maximum absolute atomic E-state index is 14.0. The third-order valence-electron chi connectivity index (χ3n) is 7.92. The molecule has 0 spiro atoms. The first kappa shape index (κ1) is 29.7. The number of aromatic nitrogens is 1. The molecule has 2 amide bonds. The number of aliphatic imine (C=N–C) groups is 1. The Morgan fingerprint density at radius 3 is 2.30 bits per heavy atom. The molecule has 222 valence electrons. The highest BCUT2D eigenvalue weighted by Crippen LogP contribution is 2.27. The number of carbonyl (C=O) groups excluding carboxylic acids is 2. The number of guanidine groups is 1. The molecule has 0 radical (unpaired) electrons. The van der Waals surface area contributed by atoms with Crippen LogP contribution in [0.3, 0.4) is 0 Å². The van der Waals surface area contributed by atoms with Crippen molar-refractivity contribution in [1.29, 1.82) is 0 Å². The summed E-state index contributed by atoms with van der Waals surface area (Å²) in [7, 11) is 0. The van der Waals surface area contributed by atoms with Crippen LogP contribution in [0.2, 0.25) is 0 Å². The molecule has 0 saturated carbocycles. The van der Waals surface area contributed by atoms with Gasteiger partial charge in [-0.3, -0.25) is 19.6 Å². The van der Waals surface area contributed by atoms with E-state index < -0.39 is 6.04 Å². The van der Waals surface area contributed by atoms with E-state index in [9.17, 15) is 9.59 Å². The number of nitrogens with one attached hydrogen (secondary N) is 2. The van der Waals surface area contributed by atoms with Gasteiger partial charge in [-0.1, -0.05) is 84.9 Å². The zero-order valence-corrected chi connectivity index (χ0v) is 24.2. The molecule has 43 heavy (non-hydrogen) atoms. The number of nitrogens with zero attached hydrogens (tertiary/aromatic N) is 3. The van der Waals surface area contributed by atoms with Crippen molar-refractivity contribution >= 4 is 28.5 Å². The monoisotopic (exact) mass is 577 g/mol. The van der Waals surface area contributed by atoms with Crippen molar-refractivity contribution < 1.29 is 9.59 Å². The average Bonchev–Trinajstić information content (AvgIpc) is 3.19. The molecule has 4 aromatic rings. The van der Waals surface area contributed by atoms with E-state index in [2.05, 4.69) is 44.9 Å². The molecule has 9 nitrogen and oxygen atoms in total. The van der Waals surface area contributed by atoms with Gasteiger partial charge in [0.25, 0.3) is 5.91 Å². The van der Waals surface area contributed by atoms with E-state index in [1.165, 1.54) is 0 Å². The SMILES string of the molecule is NC(N)=NCCCC1NC(CNC(=O)c2cc3ccccc3cn2)CCN(CC(c2ccccc2)c2ccccc2)C1=O. The molecule has 3 aromatic carbocycles. The normalized spacial score (nSPS) is 17.0. The number of hydrogen-bond donors (Lipinski definition) is 4. The van der Waals surface area contributed by atoms with Crippen LogP contribution in [-0.2, 0) is 4.79 Å². The second kappa shape index (κ2) is 14.4. The van der Waals surface area contributed by atoms with Crippen LogP contribution in [0.1, 0.15) is 46.8 Å². The van der Waals surface area contributed by atoms with Crippen LogP contribution in [0.5, 0.6) is 0 Å². The minimum Gasteiger partial charge on any atom is -0.370 e. The van der Waals surface area contributed by atoms with Crippen molar-refractivity contribution in [3.8, 4) is 0 Å². The van der Waals surface area contributed by atoms with Gasteiger partial charge in [0.05, 0.1) is 6.04 Å². The third-order valence-corrected chi connectivity index (χ3v) is 7.92. The van der Waals surface area contributed by atoms with Gasteiger partial charge in [0, 0.05) is 49.7 Å². The second-order valence-electron chi connectivity index (χ2n) is 10.9. The van der Waals surface area contributed by atoms with E-state index in [1.807, 2.05) is 65.6 Å². The fourth-order valence-electron chi connectivity index (χ4n) is 5.64. The molecule has 1 saturated heterocycles. The van der Waals surface area contributed by atoms with E-state index in [1.54, 1.807) is 12.3 Å². The molecule has 1 aromatic heterocycles. The molecular weight excluding hydrogens is 538 g/mol. The van der Waals surface area contributed by atoms with Crippen molar-refractivity contribution in [3.05, 3.63) is 114 Å². The number of pyridine rings is 1. The van der Waals surface area contributed by atoms with Crippen LogP contribution in [0.25, 0.3) is 10.8 Å².